The number of carbonyl (C=O) groups excluding carboxylic acids is 1. The van der Waals surface area contributed by atoms with Crippen LogP contribution in [0.3, 0.4) is 0 Å². The molecule has 0 aliphatic heterocycles. The van der Waals surface area contributed by atoms with Crippen LogP contribution in [0.2, 0.25) is 0 Å². The van der Waals surface area contributed by atoms with Crippen LogP contribution >= 0.6 is 0 Å². The normalized spacial score (nSPS) is 12.6. The van der Waals surface area contributed by atoms with Gasteiger partial charge < -0.3 is 10.1 Å². The first-order valence-electron chi connectivity index (χ1n) is 6.50. The molecular formula is C16H23NO2. The third kappa shape index (κ3) is 4.78. The summed E-state index contributed by atoms with van der Waals surface area (Å²) in [6.07, 6.45) is 1.13. The summed E-state index contributed by atoms with van der Waals surface area (Å²) in [6.45, 7) is 12.2. The molecule has 0 saturated heterocycles. The van der Waals surface area contributed by atoms with Gasteiger partial charge in [-0.3, -0.25) is 4.79 Å². The minimum Gasteiger partial charge on any atom is -0.481 e. The number of rotatable bonds is 5. The molecule has 3 nitrogen and oxygen atoms in total. The SMILES string of the molecule is C=CCNC(=O)C(C)Oc1ccc(C(C)(C)C)cc1. The summed E-state index contributed by atoms with van der Waals surface area (Å²) in [5.41, 5.74) is 1.36. The Balaban J connectivity index is 2.62. The summed E-state index contributed by atoms with van der Waals surface area (Å²) < 4.78 is 5.59. The van der Waals surface area contributed by atoms with Crippen LogP contribution in [-0.2, 0) is 10.2 Å². The molecule has 0 saturated carbocycles. The average Bonchev–Trinajstić information content (AvgIpc) is 2.35. The van der Waals surface area contributed by atoms with Crippen LogP contribution in [0.15, 0.2) is 36.9 Å². The van der Waals surface area contributed by atoms with E-state index in [-0.39, 0.29) is 11.3 Å². The number of benzene rings is 1. The standard InChI is InChI=1S/C16H23NO2/c1-6-11-17-15(18)12(2)19-14-9-7-13(8-10-14)16(3,4)5/h6-10,12H,1,11H2,2-5H3,(H,17,18). The minimum absolute atomic E-state index is 0.117. The Morgan fingerprint density at radius 1 is 1.37 bits per heavy atom. The van der Waals surface area contributed by atoms with E-state index >= 15 is 0 Å². The maximum Gasteiger partial charge on any atom is 0.261 e. The van der Waals surface area contributed by atoms with Gasteiger partial charge in [-0.15, -0.1) is 6.58 Å². The van der Waals surface area contributed by atoms with Crippen molar-refractivity contribution in [3.05, 3.63) is 42.5 Å². The predicted octanol–water partition coefficient (Wildman–Crippen LogP) is 3.05. The Hall–Kier alpha value is -1.77. The summed E-state index contributed by atoms with van der Waals surface area (Å²) in [7, 11) is 0. The molecule has 0 bridgehead atoms. The number of nitrogens with one attached hydrogen (secondary N) is 1. The summed E-state index contributed by atoms with van der Waals surface area (Å²) in [6, 6.07) is 7.86. The second-order valence-electron chi connectivity index (χ2n) is 5.57. The first-order valence-corrected chi connectivity index (χ1v) is 6.50. The molecule has 3 heteroatoms. The van der Waals surface area contributed by atoms with E-state index in [4.69, 9.17) is 4.74 Å². The second kappa shape index (κ2) is 6.41. The maximum absolute atomic E-state index is 11.6. The number of hydrogen-bond donors (Lipinski definition) is 1. The monoisotopic (exact) mass is 261 g/mol. The molecule has 0 heterocycles. The fraction of sp³-hybridized carbons (Fsp3) is 0.438. The van der Waals surface area contributed by atoms with Crippen LogP contribution < -0.4 is 10.1 Å². The van der Waals surface area contributed by atoms with Crippen molar-refractivity contribution in [1.29, 1.82) is 0 Å². The maximum atomic E-state index is 11.6. The number of hydrogen-bond acceptors (Lipinski definition) is 2. The molecule has 19 heavy (non-hydrogen) atoms. The molecule has 0 aliphatic rings. The molecule has 1 aromatic rings. The highest BCUT2D eigenvalue weighted by molar-refractivity contribution is 5.80. The molecule has 0 spiro atoms. The number of carbonyl (C=O) groups is 1. The van der Waals surface area contributed by atoms with Gasteiger partial charge in [0.25, 0.3) is 5.91 Å². The minimum atomic E-state index is -0.513. The summed E-state index contributed by atoms with van der Waals surface area (Å²) in [4.78, 5) is 11.6. The first-order chi connectivity index (χ1) is 8.84. The highest BCUT2D eigenvalue weighted by Crippen LogP contribution is 2.24. The topological polar surface area (TPSA) is 38.3 Å². The fourth-order valence-corrected chi connectivity index (χ4v) is 1.61. The zero-order chi connectivity index (χ0) is 14.5. The van der Waals surface area contributed by atoms with Gasteiger partial charge in [0.1, 0.15) is 5.75 Å². The van der Waals surface area contributed by atoms with Gasteiger partial charge in [0.05, 0.1) is 0 Å². The van der Waals surface area contributed by atoms with Crippen molar-refractivity contribution in [3.63, 3.8) is 0 Å². The molecule has 1 atom stereocenters. The molecule has 104 valence electrons. The summed E-state index contributed by atoms with van der Waals surface area (Å²) >= 11 is 0. The van der Waals surface area contributed by atoms with Gasteiger partial charge in [0.15, 0.2) is 6.10 Å². The van der Waals surface area contributed by atoms with E-state index in [1.165, 1.54) is 5.56 Å². The van der Waals surface area contributed by atoms with Crippen molar-refractivity contribution < 1.29 is 9.53 Å². The molecule has 1 rings (SSSR count). The molecule has 1 N–H and O–H groups in total. The van der Waals surface area contributed by atoms with Crippen LogP contribution in [0.5, 0.6) is 5.75 Å². The summed E-state index contributed by atoms with van der Waals surface area (Å²) in [5, 5.41) is 2.71. The highest BCUT2D eigenvalue weighted by atomic mass is 16.5. The molecule has 1 unspecified atom stereocenters. The molecule has 0 aromatic heterocycles. The highest BCUT2D eigenvalue weighted by Gasteiger charge is 2.15. The van der Waals surface area contributed by atoms with E-state index in [1.807, 2.05) is 24.3 Å². The predicted molar refractivity (Wildman–Crippen MR) is 78.4 cm³/mol. The van der Waals surface area contributed by atoms with E-state index in [2.05, 4.69) is 32.7 Å². The number of ether oxygens (including phenoxy) is 1. The Labute approximate surface area is 115 Å². The zero-order valence-corrected chi connectivity index (χ0v) is 12.2. The lowest BCUT2D eigenvalue weighted by atomic mass is 9.87. The molecule has 0 aliphatic carbocycles. The van der Waals surface area contributed by atoms with Crippen molar-refractivity contribution in [2.75, 3.05) is 6.54 Å². The molecule has 1 amide bonds. The Bertz CT molecular complexity index is 429. The van der Waals surface area contributed by atoms with E-state index in [0.29, 0.717) is 12.3 Å². The third-order valence-electron chi connectivity index (χ3n) is 2.82. The van der Waals surface area contributed by atoms with Gasteiger partial charge in [-0.2, -0.15) is 0 Å². The Kier molecular flexibility index (Phi) is 5.16. The lowest BCUT2D eigenvalue weighted by Crippen LogP contribution is -2.36. The van der Waals surface area contributed by atoms with Crippen LogP contribution in [0, 0.1) is 0 Å². The van der Waals surface area contributed by atoms with Gasteiger partial charge in [0, 0.05) is 6.54 Å². The van der Waals surface area contributed by atoms with Crippen molar-refractivity contribution in [2.45, 2.75) is 39.2 Å². The van der Waals surface area contributed by atoms with E-state index in [0.717, 1.165) is 0 Å². The van der Waals surface area contributed by atoms with Gasteiger partial charge in [-0.05, 0) is 30.0 Å². The smallest absolute Gasteiger partial charge is 0.261 e. The number of amides is 1. The lowest BCUT2D eigenvalue weighted by Gasteiger charge is -2.20. The van der Waals surface area contributed by atoms with Crippen molar-refractivity contribution in [2.24, 2.45) is 0 Å². The van der Waals surface area contributed by atoms with Gasteiger partial charge in [0.2, 0.25) is 0 Å². The second-order valence-corrected chi connectivity index (χ2v) is 5.57. The van der Waals surface area contributed by atoms with Crippen molar-refractivity contribution in [1.82, 2.24) is 5.32 Å². The molecule has 0 fully saturated rings. The average molecular weight is 261 g/mol. The molecular weight excluding hydrogens is 238 g/mol. The van der Waals surface area contributed by atoms with Gasteiger partial charge in [-0.25, -0.2) is 0 Å². The molecule has 0 radical (unpaired) electrons. The van der Waals surface area contributed by atoms with E-state index < -0.39 is 6.10 Å². The van der Waals surface area contributed by atoms with Crippen LogP contribution in [-0.4, -0.2) is 18.6 Å². The molecule has 1 aromatic carbocycles. The van der Waals surface area contributed by atoms with Crippen LogP contribution in [0.25, 0.3) is 0 Å². The van der Waals surface area contributed by atoms with Gasteiger partial charge in [-0.1, -0.05) is 39.0 Å². The Morgan fingerprint density at radius 3 is 2.42 bits per heavy atom. The fourth-order valence-electron chi connectivity index (χ4n) is 1.61. The van der Waals surface area contributed by atoms with Crippen molar-refractivity contribution in [3.8, 4) is 5.75 Å². The largest absolute Gasteiger partial charge is 0.481 e. The quantitative estimate of drug-likeness (QED) is 0.827. The Morgan fingerprint density at radius 2 is 1.95 bits per heavy atom. The summed E-state index contributed by atoms with van der Waals surface area (Å²) in [5.74, 6) is 0.564. The van der Waals surface area contributed by atoms with Crippen LogP contribution in [0.1, 0.15) is 33.3 Å². The van der Waals surface area contributed by atoms with Crippen molar-refractivity contribution >= 4 is 5.91 Å². The van der Waals surface area contributed by atoms with E-state index in [9.17, 15) is 4.79 Å². The van der Waals surface area contributed by atoms with E-state index in [1.54, 1.807) is 13.0 Å². The first kappa shape index (κ1) is 15.3. The third-order valence-corrected chi connectivity index (χ3v) is 2.82. The van der Waals surface area contributed by atoms with Gasteiger partial charge >= 0.3 is 0 Å². The van der Waals surface area contributed by atoms with Crippen LogP contribution in [0.4, 0.5) is 0 Å². The lowest BCUT2D eigenvalue weighted by molar-refractivity contribution is -0.127. The zero-order valence-electron chi connectivity index (χ0n) is 12.2.